The average molecular weight is 332 g/mol. The molecule has 0 saturated carbocycles. The lowest BCUT2D eigenvalue weighted by molar-refractivity contribution is 0.0623. The van der Waals surface area contributed by atoms with Crippen molar-refractivity contribution in [2.24, 2.45) is 0 Å². The predicted molar refractivity (Wildman–Crippen MR) is 91.2 cm³/mol. The van der Waals surface area contributed by atoms with Gasteiger partial charge in [-0.2, -0.15) is 0 Å². The van der Waals surface area contributed by atoms with Gasteiger partial charge in [0.05, 0.1) is 29.6 Å². The summed E-state index contributed by atoms with van der Waals surface area (Å²) in [5, 5.41) is 11.5. The molecule has 0 radical (unpaired) electrons. The zero-order valence-corrected chi connectivity index (χ0v) is 14.0. The van der Waals surface area contributed by atoms with Crippen LogP contribution < -0.4 is 5.73 Å². The fourth-order valence-corrected chi connectivity index (χ4v) is 2.93. The van der Waals surface area contributed by atoms with Crippen molar-refractivity contribution in [3.63, 3.8) is 0 Å². The maximum absolute atomic E-state index is 10.2. The van der Waals surface area contributed by atoms with E-state index in [9.17, 15) is 5.11 Å². The van der Waals surface area contributed by atoms with Gasteiger partial charge in [-0.1, -0.05) is 11.6 Å². The Bertz CT molecular complexity index is 882. The molecular formula is C16H18ClN5O. The summed E-state index contributed by atoms with van der Waals surface area (Å²) < 4.78 is 2.02. The van der Waals surface area contributed by atoms with Gasteiger partial charge in [-0.3, -0.25) is 0 Å². The number of nitrogens with zero attached hydrogens (tertiary/aromatic N) is 4. The second-order valence-corrected chi connectivity index (χ2v) is 6.57. The molecule has 120 valence electrons. The van der Waals surface area contributed by atoms with Crippen LogP contribution in [0.4, 0.5) is 5.95 Å². The first-order valence-electron chi connectivity index (χ1n) is 7.22. The van der Waals surface area contributed by atoms with Gasteiger partial charge in [-0.25, -0.2) is 15.0 Å². The smallest absolute Gasteiger partial charge is 0.220 e. The van der Waals surface area contributed by atoms with E-state index in [1.807, 2.05) is 11.5 Å². The number of fused-ring (bicyclic) bond motifs is 1. The fourth-order valence-electron chi connectivity index (χ4n) is 2.78. The maximum Gasteiger partial charge on any atom is 0.220 e. The Balaban J connectivity index is 2.33. The molecule has 0 bridgehead atoms. The van der Waals surface area contributed by atoms with Gasteiger partial charge in [0.25, 0.3) is 0 Å². The molecule has 6 nitrogen and oxygen atoms in total. The topological polar surface area (TPSA) is 89.9 Å². The quantitative estimate of drug-likeness (QED) is 0.720. The SMILES string of the molecule is Cc1c(-c2ccnc(N)n2)c2cc(Cl)ncc2n1CC(C)(C)O. The van der Waals surface area contributed by atoms with Crippen LogP contribution in [0, 0.1) is 6.92 Å². The molecular weight excluding hydrogens is 314 g/mol. The fraction of sp³-hybridized carbons (Fsp3) is 0.312. The van der Waals surface area contributed by atoms with Crippen LogP contribution in [0.2, 0.25) is 5.15 Å². The Morgan fingerprint density at radius 3 is 2.74 bits per heavy atom. The molecule has 3 aromatic rings. The largest absolute Gasteiger partial charge is 0.389 e. The van der Waals surface area contributed by atoms with E-state index < -0.39 is 5.60 Å². The van der Waals surface area contributed by atoms with Gasteiger partial charge in [0, 0.05) is 22.8 Å². The number of rotatable bonds is 3. The van der Waals surface area contributed by atoms with Gasteiger partial charge in [0.15, 0.2) is 0 Å². The van der Waals surface area contributed by atoms with E-state index in [0.29, 0.717) is 11.7 Å². The Kier molecular flexibility index (Phi) is 3.74. The van der Waals surface area contributed by atoms with Crippen molar-refractivity contribution < 1.29 is 5.11 Å². The standard InChI is InChI=1S/C16H18ClN5O/c1-9-14(11-4-5-19-15(18)21-11)10-6-13(17)20-7-12(10)22(9)8-16(2,3)23/h4-7,23H,8H2,1-3H3,(H2,18,19,21). The van der Waals surface area contributed by atoms with E-state index in [1.165, 1.54) is 0 Å². The number of nitrogen functional groups attached to an aromatic ring is 1. The Labute approximate surface area is 139 Å². The number of halogens is 1. The van der Waals surface area contributed by atoms with Crippen molar-refractivity contribution in [2.75, 3.05) is 5.73 Å². The monoisotopic (exact) mass is 331 g/mol. The number of pyridine rings is 1. The lowest BCUT2D eigenvalue weighted by Gasteiger charge is -2.20. The molecule has 0 atom stereocenters. The van der Waals surface area contributed by atoms with Crippen LogP contribution in [0.5, 0.6) is 0 Å². The van der Waals surface area contributed by atoms with Crippen molar-refractivity contribution in [3.8, 4) is 11.3 Å². The molecule has 0 aromatic carbocycles. The highest BCUT2D eigenvalue weighted by molar-refractivity contribution is 6.30. The third-order valence-electron chi connectivity index (χ3n) is 3.65. The lowest BCUT2D eigenvalue weighted by Crippen LogP contribution is -2.26. The van der Waals surface area contributed by atoms with Gasteiger partial charge in [-0.05, 0) is 32.9 Å². The summed E-state index contributed by atoms with van der Waals surface area (Å²) in [5.74, 6) is 0.213. The molecule has 3 rings (SSSR count). The van der Waals surface area contributed by atoms with Gasteiger partial charge in [0.1, 0.15) is 5.15 Å². The molecule has 0 unspecified atom stereocenters. The van der Waals surface area contributed by atoms with E-state index in [0.717, 1.165) is 27.9 Å². The van der Waals surface area contributed by atoms with Crippen LogP contribution in [-0.2, 0) is 6.54 Å². The van der Waals surface area contributed by atoms with E-state index >= 15 is 0 Å². The van der Waals surface area contributed by atoms with Crippen LogP contribution in [0.25, 0.3) is 22.2 Å². The zero-order chi connectivity index (χ0) is 16.8. The summed E-state index contributed by atoms with van der Waals surface area (Å²) in [5.41, 5.74) is 8.35. The van der Waals surface area contributed by atoms with Gasteiger partial charge < -0.3 is 15.4 Å². The molecule has 7 heteroatoms. The highest BCUT2D eigenvalue weighted by atomic mass is 35.5. The minimum absolute atomic E-state index is 0.213. The molecule has 0 spiro atoms. The zero-order valence-electron chi connectivity index (χ0n) is 13.2. The first-order valence-corrected chi connectivity index (χ1v) is 7.60. The summed E-state index contributed by atoms with van der Waals surface area (Å²) in [6.07, 6.45) is 3.34. The molecule has 0 aliphatic rings. The van der Waals surface area contributed by atoms with Gasteiger partial charge >= 0.3 is 0 Å². The number of hydrogen-bond donors (Lipinski definition) is 2. The molecule has 0 aliphatic heterocycles. The molecule has 3 aromatic heterocycles. The first kappa shape index (κ1) is 15.7. The van der Waals surface area contributed by atoms with Gasteiger partial charge in [-0.15, -0.1) is 0 Å². The second-order valence-electron chi connectivity index (χ2n) is 6.18. The molecule has 3 N–H and O–H groups in total. The third-order valence-corrected chi connectivity index (χ3v) is 3.86. The summed E-state index contributed by atoms with van der Waals surface area (Å²) in [4.78, 5) is 12.4. The molecule has 0 saturated heterocycles. The highest BCUT2D eigenvalue weighted by Gasteiger charge is 2.22. The van der Waals surface area contributed by atoms with Crippen molar-refractivity contribution in [3.05, 3.63) is 35.4 Å². The Morgan fingerprint density at radius 1 is 1.35 bits per heavy atom. The normalized spacial score (nSPS) is 12.0. The van der Waals surface area contributed by atoms with Crippen LogP contribution in [0.15, 0.2) is 24.5 Å². The van der Waals surface area contributed by atoms with Crippen molar-refractivity contribution in [1.82, 2.24) is 19.5 Å². The summed E-state index contributed by atoms with van der Waals surface area (Å²) >= 11 is 6.08. The van der Waals surface area contributed by atoms with E-state index in [2.05, 4.69) is 15.0 Å². The minimum Gasteiger partial charge on any atom is -0.389 e. The number of aliphatic hydroxyl groups is 1. The highest BCUT2D eigenvalue weighted by Crippen LogP contribution is 2.35. The van der Waals surface area contributed by atoms with Crippen LogP contribution >= 0.6 is 11.6 Å². The average Bonchev–Trinajstić information content (AvgIpc) is 2.69. The van der Waals surface area contributed by atoms with Crippen molar-refractivity contribution >= 4 is 28.5 Å². The van der Waals surface area contributed by atoms with Crippen molar-refractivity contribution in [2.45, 2.75) is 32.9 Å². The Morgan fingerprint density at radius 2 is 2.09 bits per heavy atom. The number of hydrogen-bond acceptors (Lipinski definition) is 5. The van der Waals surface area contributed by atoms with Crippen LogP contribution in [0.3, 0.4) is 0 Å². The second kappa shape index (κ2) is 5.47. The molecule has 0 amide bonds. The van der Waals surface area contributed by atoms with Crippen LogP contribution in [-0.4, -0.2) is 30.2 Å². The van der Waals surface area contributed by atoms with E-state index in [4.69, 9.17) is 17.3 Å². The van der Waals surface area contributed by atoms with Gasteiger partial charge in [0.2, 0.25) is 5.95 Å². The number of nitrogens with two attached hydrogens (primary N) is 1. The summed E-state index contributed by atoms with van der Waals surface area (Å²) in [6.45, 7) is 5.94. The molecule has 3 heterocycles. The molecule has 0 aliphatic carbocycles. The lowest BCUT2D eigenvalue weighted by atomic mass is 10.1. The first-order chi connectivity index (χ1) is 10.8. The molecule has 0 fully saturated rings. The number of anilines is 1. The maximum atomic E-state index is 10.2. The van der Waals surface area contributed by atoms with Crippen LogP contribution in [0.1, 0.15) is 19.5 Å². The molecule has 23 heavy (non-hydrogen) atoms. The van der Waals surface area contributed by atoms with E-state index in [-0.39, 0.29) is 5.95 Å². The minimum atomic E-state index is -0.863. The summed E-state index contributed by atoms with van der Waals surface area (Å²) in [6, 6.07) is 3.61. The van der Waals surface area contributed by atoms with Crippen molar-refractivity contribution in [1.29, 1.82) is 0 Å². The Hall–Kier alpha value is -2.18. The predicted octanol–water partition coefficient (Wildman–Crippen LogP) is 2.81. The third kappa shape index (κ3) is 3.00. The van der Waals surface area contributed by atoms with E-state index in [1.54, 1.807) is 38.4 Å². The summed E-state index contributed by atoms with van der Waals surface area (Å²) in [7, 11) is 0. The number of aromatic nitrogens is 4.